The average molecular weight is 292 g/mol. The van der Waals surface area contributed by atoms with Gasteiger partial charge < -0.3 is 10.2 Å². The van der Waals surface area contributed by atoms with E-state index in [0.29, 0.717) is 18.8 Å². The van der Waals surface area contributed by atoms with Gasteiger partial charge in [0.2, 0.25) is 0 Å². The van der Waals surface area contributed by atoms with Gasteiger partial charge in [0, 0.05) is 25.3 Å². The number of hydrogen-bond acceptors (Lipinski definition) is 4. The number of benzene rings is 1. The molecule has 0 saturated carbocycles. The van der Waals surface area contributed by atoms with Gasteiger partial charge in [0.15, 0.2) is 6.19 Å². The first-order chi connectivity index (χ1) is 10.8. The van der Waals surface area contributed by atoms with E-state index in [-0.39, 0.29) is 11.9 Å². The predicted octanol–water partition coefficient (Wildman–Crippen LogP) is 2.03. The molecule has 0 radical (unpaired) electrons. The maximum atomic E-state index is 12.3. The molecule has 1 N–H and O–H groups in total. The molecule has 0 bridgehead atoms. The maximum Gasteiger partial charge on any atom is 0.270 e. The van der Waals surface area contributed by atoms with Gasteiger partial charge in [-0.05, 0) is 29.7 Å². The number of aromatic nitrogens is 1. The molecule has 0 aliphatic carbocycles. The van der Waals surface area contributed by atoms with Gasteiger partial charge in [0.1, 0.15) is 5.69 Å². The second-order valence-electron chi connectivity index (χ2n) is 5.30. The highest BCUT2D eigenvalue weighted by molar-refractivity contribution is 5.93. The number of pyridine rings is 1. The maximum absolute atomic E-state index is 12.3. The third kappa shape index (κ3) is 3.07. The van der Waals surface area contributed by atoms with Gasteiger partial charge in [-0.2, -0.15) is 5.26 Å². The summed E-state index contributed by atoms with van der Waals surface area (Å²) in [7, 11) is 0. The standard InChI is InChI=1S/C17H16N4O/c18-12-21-9-7-15(11-21)20-17(22)16-10-14(6-8-19-16)13-4-2-1-3-5-13/h1-6,8,10,15H,7,9,11H2,(H,20,22). The topological polar surface area (TPSA) is 69.0 Å². The minimum absolute atomic E-state index is 0.00864. The molecule has 1 aliphatic heterocycles. The summed E-state index contributed by atoms with van der Waals surface area (Å²) in [5, 5.41) is 11.8. The van der Waals surface area contributed by atoms with E-state index in [1.54, 1.807) is 17.2 Å². The fourth-order valence-electron chi connectivity index (χ4n) is 2.59. The van der Waals surface area contributed by atoms with Crippen molar-refractivity contribution in [1.82, 2.24) is 15.2 Å². The Hall–Kier alpha value is -2.87. The van der Waals surface area contributed by atoms with E-state index in [0.717, 1.165) is 17.5 Å². The molecular formula is C17H16N4O. The Morgan fingerprint density at radius 1 is 1.27 bits per heavy atom. The van der Waals surface area contributed by atoms with Crippen LogP contribution in [0.3, 0.4) is 0 Å². The number of nitrogens with zero attached hydrogens (tertiary/aromatic N) is 3. The van der Waals surface area contributed by atoms with Gasteiger partial charge in [-0.3, -0.25) is 9.78 Å². The highest BCUT2D eigenvalue weighted by atomic mass is 16.1. The van der Waals surface area contributed by atoms with Crippen molar-refractivity contribution in [3.05, 3.63) is 54.4 Å². The van der Waals surface area contributed by atoms with Crippen LogP contribution < -0.4 is 5.32 Å². The first-order valence-corrected chi connectivity index (χ1v) is 7.23. The van der Waals surface area contributed by atoms with E-state index in [2.05, 4.69) is 16.5 Å². The predicted molar refractivity (Wildman–Crippen MR) is 82.7 cm³/mol. The van der Waals surface area contributed by atoms with Crippen LogP contribution in [0.4, 0.5) is 0 Å². The number of carbonyl (C=O) groups is 1. The average Bonchev–Trinajstić information content (AvgIpc) is 3.03. The molecule has 1 amide bonds. The molecule has 22 heavy (non-hydrogen) atoms. The lowest BCUT2D eigenvalue weighted by Gasteiger charge is -2.12. The second-order valence-corrected chi connectivity index (χ2v) is 5.30. The molecule has 1 unspecified atom stereocenters. The molecule has 1 aliphatic rings. The minimum atomic E-state index is -0.192. The fraction of sp³-hybridized carbons (Fsp3) is 0.235. The molecule has 1 aromatic heterocycles. The highest BCUT2D eigenvalue weighted by Crippen LogP contribution is 2.19. The summed E-state index contributed by atoms with van der Waals surface area (Å²) in [6.07, 6.45) is 4.54. The molecule has 5 heteroatoms. The van der Waals surface area contributed by atoms with Gasteiger partial charge in [-0.15, -0.1) is 0 Å². The van der Waals surface area contributed by atoms with Crippen molar-refractivity contribution in [3.8, 4) is 17.3 Å². The second kappa shape index (κ2) is 6.27. The number of carbonyl (C=O) groups excluding carboxylic acids is 1. The monoisotopic (exact) mass is 292 g/mol. The van der Waals surface area contributed by atoms with Gasteiger partial charge in [0.05, 0.1) is 0 Å². The molecule has 1 saturated heterocycles. The molecule has 5 nitrogen and oxygen atoms in total. The van der Waals surface area contributed by atoms with Crippen LogP contribution in [-0.2, 0) is 0 Å². The van der Waals surface area contributed by atoms with Crippen LogP contribution in [0.15, 0.2) is 48.7 Å². The third-order valence-corrected chi connectivity index (χ3v) is 3.76. The molecule has 3 rings (SSSR count). The van der Waals surface area contributed by atoms with Gasteiger partial charge in [0.25, 0.3) is 5.91 Å². The van der Waals surface area contributed by atoms with Crippen molar-refractivity contribution in [3.63, 3.8) is 0 Å². The first kappa shape index (κ1) is 14.1. The fourth-order valence-corrected chi connectivity index (χ4v) is 2.59. The Balaban J connectivity index is 1.73. The molecule has 2 heterocycles. The van der Waals surface area contributed by atoms with E-state index in [9.17, 15) is 4.79 Å². The van der Waals surface area contributed by atoms with Gasteiger partial charge in [-0.1, -0.05) is 30.3 Å². The normalized spacial score (nSPS) is 17.0. The van der Waals surface area contributed by atoms with Crippen LogP contribution in [0, 0.1) is 11.5 Å². The molecule has 1 atom stereocenters. The summed E-state index contributed by atoms with van der Waals surface area (Å²) in [6, 6.07) is 13.6. The van der Waals surface area contributed by atoms with Crippen molar-refractivity contribution in [2.45, 2.75) is 12.5 Å². The number of nitrogens with one attached hydrogen (secondary N) is 1. The zero-order chi connectivity index (χ0) is 15.4. The largest absolute Gasteiger partial charge is 0.346 e. The lowest BCUT2D eigenvalue weighted by Crippen LogP contribution is -2.36. The molecule has 1 aromatic carbocycles. The minimum Gasteiger partial charge on any atom is -0.346 e. The highest BCUT2D eigenvalue weighted by Gasteiger charge is 2.23. The van der Waals surface area contributed by atoms with E-state index < -0.39 is 0 Å². The Bertz CT molecular complexity index is 708. The summed E-state index contributed by atoms with van der Waals surface area (Å²) in [5.74, 6) is -0.192. The lowest BCUT2D eigenvalue weighted by molar-refractivity contribution is 0.0934. The summed E-state index contributed by atoms with van der Waals surface area (Å²) >= 11 is 0. The lowest BCUT2D eigenvalue weighted by atomic mass is 10.1. The summed E-state index contributed by atoms with van der Waals surface area (Å²) in [6.45, 7) is 1.26. The van der Waals surface area contributed by atoms with Crippen molar-refractivity contribution in [2.24, 2.45) is 0 Å². The third-order valence-electron chi connectivity index (χ3n) is 3.76. The Morgan fingerprint density at radius 3 is 2.82 bits per heavy atom. The molecule has 0 spiro atoms. The summed E-state index contributed by atoms with van der Waals surface area (Å²) in [5.41, 5.74) is 2.41. The van der Waals surface area contributed by atoms with Crippen LogP contribution in [-0.4, -0.2) is 34.9 Å². The van der Waals surface area contributed by atoms with E-state index in [1.807, 2.05) is 36.4 Å². The Labute approximate surface area is 129 Å². The van der Waals surface area contributed by atoms with Gasteiger partial charge >= 0.3 is 0 Å². The van der Waals surface area contributed by atoms with Crippen LogP contribution in [0.25, 0.3) is 11.1 Å². The molecule has 110 valence electrons. The number of likely N-dealkylation sites (tertiary alicyclic amines) is 1. The van der Waals surface area contributed by atoms with Crippen molar-refractivity contribution in [1.29, 1.82) is 5.26 Å². The SMILES string of the molecule is N#CN1CCC(NC(=O)c2cc(-c3ccccc3)ccn2)C1. The smallest absolute Gasteiger partial charge is 0.270 e. The molecule has 1 fully saturated rings. The number of hydrogen-bond donors (Lipinski definition) is 1. The molecular weight excluding hydrogens is 276 g/mol. The summed E-state index contributed by atoms with van der Waals surface area (Å²) in [4.78, 5) is 18.1. The van der Waals surface area contributed by atoms with Crippen LogP contribution >= 0.6 is 0 Å². The van der Waals surface area contributed by atoms with E-state index in [1.165, 1.54) is 0 Å². The van der Waals surface area contributed by atoms with Crippen molar-refractivity contribution in [2.75, 3.05) is 13.1 Å². The van der Waals surface area contributed by atoms with Crippen molar-refractivity contribution >= 4 is 5.91 Å². The zero-order valence-electron chi connectivity index (χ0n) is 12.1. The van der Waals surface area contributed by atoms with Crippen LogP contribution in [0.5, 0.6) is 0 Å². The zero-order valence-corrected chi connectivity index (χ0v) is 12.1. The van der Waals surface area contributed by atoms with Gasteiger partial charge in [-0.25, -0.2) is 0 Å². The number of nitriles is 1. The van der Waals surface area contributed by atoms with Crippen molar-refractivity contribution < 1.29 is 4.79 Å². The van der Waals surface area contributed by atoms with E-state index >= 15 is 0 Å². The Kier molecular flexibility index (Phi) is 4.01. The number of rotatable bonds is 3. The first-order valence-electron chi connectivity index (χ1n) is 7.23. The number of amides is 1. The molecule has 2 aromatic rings. The van der Waals surface area contributed by atoms with E-state index in [4.69, 9.17) is 5.26 Å². The Morgan fingerprint density at radius 2 is 2.09 bits per heavy atom. The van der Waals surface area contributed by atoms with Crippen LogP contribution in [0.1, 0.15) is 16.9 Å². The quantitative estimate of drug-likeness (QED) is 0.879. The van der Waals surface area contributed by atoms with Crippen LogP contribution in [0.2, 0.25) is 0 Å². The summed E-state index contributed by atoms with van der Waals surface area (Å²) < 4.78 is 0.